The van der Waals surface area contributed by atoms with Gasteiger partial charge in [0.15, 0.2) is 0 Å². The van der Waals surface area contributed by atoms with Gasteiger partial charge in [-0.25, -0.2) is 4.79 Å². The van der Waals surface area contributed by atoms with E-state index >= 15 is 0 Å². The summed E-state index contributed by atoms with van der Waals surface area (Å²) in [6, 6.07) is 12.3. The summed E-state index contributed by atoms with van der Waals surface area (Å²) in [6.45, 7) is 9.70. The van der Waals surface area contributed by atoms with Crippen molar-refractivity contribution >= 4 is 29.7 Å². The molecule has 11 nitrogen and oxygen atoms in total. The van der Waals surface area contributed by atoms with Gasteiger partial charge in [0, 0.05) is 57.7 Å². The van der Waals surface area contributed by atoms with Crippen LogP contribution in [0.2, 0.25) is 0 Å². The first-order valence-electron chi connectivity index (χ1n) is 16.7. The van der Waals surface area contributed by atoms with Crippen molar-refractivity contribution < 1.29 is 41.9 Å². The van der Waals surface area contributed by atoms with E-state index in [4.69, 9.17) is 4.74 Å². The zero-order valence-electron chi connectivity index (χ0n) is 29.7. The number of halogens is 3. The number of carbonyl (C=O) groups is 5. The molecule has 0 spiro atoms. The van der Waals surface area contributed by atoms with Crippen LogP contribution < -0.4 is 16.0 Å². The Labute approximate surface area is 292 Å². The summed E-state index contributed by atoms with van der Waals surface area (Å²) < 4.78 is 43.8. The molecule has 3 N–H and O–H groups in total. The predicted molar refractivity (Wildman–Crippen MR) is 183 cm³/mol. The first-order chi connectivity index (χ1) is 23.4. The van der Waals surface area contributed by atoms with E-state index in [1.54, 1.807) is 32.6 Å². The number of ether oxygens (including phenoxy) is 1. The number of alkyl carbamates (subject to hydrolysis) is 1. The molecule has 0 aliphatic heterocycles. The fourth-order valence-corrected chi connectivity index (χ4v) is 4.88. The molecule has 0 aliphatic rings. The largest absolute Gasteiger partial charge is 0.444 e. The number of rotatable bonds is 17. The van der Waals surface area contributed by atoms with Crippen molar-refractivity contribution in [1.82, 2.24) is 25.8 Å². The number of carbonyl (C=O) groups excluding carboxylic acids is 5. The summed E-state index contributed by atoms with van der Waals surface area (Å²) in [6.07, 6.45) is -3.79. The van der Waals surface area contributed by atoms with E-state index in [0.29, 0.717) is 19.4 Å². The van der Waals surface area contributed by atoms with E-state index in [0.717, 1.165) is 29.8 Å². The molecule has 0 saturated heterocycles. The van der Waals surface area contributed by atoms with Crippen molar-refractivity contribution in [3.05, 3.63) is 71.3 Å². The Bertz CT molecular complexity index is 1410. The van der Waals surface area contributed by atoms with E-state index in [1.807, 2.05) is 37.3 Å². The second-order valence-corrected chi connectivity index (χ2v) is 13.1. The minimum absolute atomic E-state index is 0.0163. The van der Waals surface area contributed by atoms with Crippen LogP contribution >= 0.6 is 0 Å². The van der Waals surface area contributed by atoms with Gasteiger partial charge in [0.1, 0.15) is 11.6 Å². The van der Waals surface area contributed by atoms with Crippen LogP contribution in [0.1, 0.15) is 75.4 Å². The molecular weight excluding hydrogens is 655 g/mol. The van der Waals surface area contributed by atoms with Gasteiger partial charge in [0.2, 0.25) is 17.7 Å². The zero-order chi connectivity index (χ0) is 37.5. The summed E-state index contributed by atoms with van der Waals surface area (Å²) in [5.41, 5.74) is -0.521. The maximum atomic E-state index is 13.5. The average Bonchev–Trinajstić information content (AvgIpc) is 3.04. The number of hydrogen-bond donors (Lipinski definition) is 3. The van der Waals surface area contributed by atoms with Crippen molar-refractivity contribution in [2.75, 3.05) is 39.8 Å². The fraction of sp³-hybridized carbons (Fsp3) is 0.528. The lowest BCUT2D eigenvalue weighted by molar-refractivity contribution is -0.138. The Morgan fingerprint density at radius 3 is 2.06 bits per heavy atom. The fourth-order valence-electron chi connectivity index (χ4n) is 4.88. The van der Waals surface area contributed by atoms with Crippen molar-refractivity contribution in [3.8, 4) is 0 Å². The Hall–Kier alpha value is -4.62. The van der Waals surface area contributed by atoms with Gasteiger partial charge < -0.3 is 30.5 Å². The number of aryl methyl sites for hydroxylation is 1. The van der Waals surface area contributed by atoms with Crippen LogP contribution in [0.15, 0.2) is 54.6 Å². The maximum Gasteiger partial charge on any atom is 0.416 e. The van der Waals surface area contributed by atoms with Gasteiger partial charge in [-0.15, -0.1) is 0 Å². The molecule has 0 fully saturated rings. The molecule has 2 aromatic carbocycles. The lowest BCUT2D eigenvalue weighted by atomic mass is 10.0. The monoisotopic (exact) mass is 705 g/mol. The minimum atomic E-state index is -4.52. The average molecular weight is 706 g/mol. The molecule has 14 heteroatoms. The second kappa shape index (κ2) is 19.5. The van der Waals surface area contributed by atoms with Crippen LogP contribution in [0.5, 0.6) is 0 Å². The molecule has 0 heterocycles. The SMILES string of the molecule is CCCN(CCNC(=O)OC(C)(C)C)C(=O)CC(C)C(=O)NC(CCc1ccccc1)C(=O)N(C)CCNC(=O)c1ccc(C(F)(F)F)cc1. The molecular formula is C36H50F3N5O6. The molecule has 2 aromatic rings. The number of likely N-dealkylation sites (N-methyl/N-ethyl adjacent to an activating group) is 1. The summed E-state index contributed by atoms with van der Waals surface area (Å²) >= 11 is 0. The summed E-state index contributed by atoms with van der Waals surface area (Å²) in [5.74, 6) is -2.51. The molecule has 2 atom stereocenters. The predicted octanol–water partition coefficient (Wildman–Crippen LogP) is 4.80. The minimum Gasteiger partial charge on any atom is -0.444 e. The third-order valence-electron chi connectivity index (χ3n) is 7.59. The van der Waals surface area contributed by atoms with Gasteiger partial charge in [-0.1, -0.05) is 44.2 Å². The van der Waals surface area contributed by atoms with Crippen LogP contribution in [0.25, 0.3) is 0 Å². The van der Waals surface area contributed by atoms with E-state index in [1.165, 1.54) is 11.9 Å². The molecule has 0 bridgehead atoms. The second-order valence-electron chi connectivity index (χ2n) is 13.1. The van der Waals surface area contributed by atoms with E-state index in [-0.39, 0.29) is 50.5 Å². The van der Waals surface area contributed by atoms with Crippen molar-refractivity contribution in [1.29, 1.82) is 0 Å². The standard InChI is InChI=1S/C36H50F3N5O6/c1-7-21-44(23-20-41-34(49)50-35(3,4)5)30(45)24-25(2)31(46)42-29(18-13-26-11-9-8-10-12-26)33(48)43(6)22-19-40-32(47)27-14-16-28(17-15-27)36(37,38)39/h8-12,14-17,25,29H,7,13,18-24H2,1-6H3,(H,40,47)(H,41,49)(H,42,46). The van der Waals surface area contributed by atoms with Gasteiger partial charge in [0.25, 0.3) is 5.91 Å². The number of benzene rings is 2. The third kappa shape index (κ3) is 14.9. The number of nitrogens with one attached hydrogen (secondary N) is 3. The van der Waals surface area contributed by atoms with Crippen LogP contribution in [0.3, 0.4) is 0 Å². The lowest BCUT2D eigenvalue weighted by Crippen LogP contribution is -2.50. The van der Waals surface area contributed by atoms with Crippen molar-refractivity contribution in [3.63, 3.8) is 0 Å². The van der Waals surface area contributed by atoms with E-state index < -0.39 is 53.1 Å². The van der Waals surface area contributed by atoms with Gasteiger partial charge in [-0.05, 0) is 69.9 Å². The molecule has 5 amide bonds. The normalized spacial score (nSPS) is 12.7. The Morgan fingerprint density at radius 1 is 0.860 bits per heavy atom. The first kappa shape index (κ1) is 41.6. The van der Waals surface area contributed by atoms with Gasteiger partial charge in [-0.3, -0.25) is 19.2 Å². The molecule has 0 aliphatic carbocycles. The topological polar surface area (TPSA) is 137 Å². The third-order valence-corrected chi connectivity index (χ3v) is 7.59. The maximum absolute atomic E-state index is 13.5. The number of amides is 5. The Kier molecular flexibility index (Phi) is 16.2. The molecule has 2 unspecified atom stereocenters. The summed E-state index contributed by atoms with van der Waals surface area (Å²) in [4.78, 5) is 67.5. The van der Waals surface area contributed by atoms with Crippen LogP contribution in [0, 0.1) is 5.92 Å². The van der Waals surface area contributed by atoms with E-state index in [9.17, 15) is 37.1 Å². The highest BCUT2D eigenvalue weighted by molar-refractivity contribution is 5.94. The van der Waals surface area contributed by atoms with Crippen LogP contribution in [0.4, 0.5) is 18.0 Å². The van der Waals surface area contributed by atoms with Crippen LogP contribution in [-0.4, -0.2) is 90.9 Å². The van der Waals surface area contributed by atoms with E-state index in [2.05, 4.69) is 16.0 Å². The smallest absolute Gasteiger partial charge is 0.416 e. The Morgan fingerprint density at radius 2 is 1.48 bits per heavy atom. The van der Waals surface area contributed by atoms with Gasteiger partial charge >= 0.3 is 12.3 Å². The van der Waals surface area contributed by atoms with Gasteiger partial charge in [0.05, 0.1) is 5.56 Å². The van der Waals surface area contributed by atoms with Gasteiger partial charge in [-0.2, -0.15) is 13.2 Å². The molecule has 0 radical (unpaired) electrons. The summed E-state index contributed by atoms with van der Waals surface area (Å²) in [5, 5.41) is 8.05. The van der Waals surface area contributed by atoms with Crippen molar-refractivity contribution in [2.24, 2.45) is 5.92 Å². The molecule has 0 saturated carbocycles. The molecule has 0 aromatic heterocycles. The number of alkyl halides is 3. The molecule has 50 heavy (non-hydrogen) atoms. The Balaban J connectivity index is 2.01. The quantitative estimate of drug-likeness (QED) is 0.216. The zero-order valence-corrected chi connectivity index (χ0v) is 29.7. The number of nitrogens with zero attached hydrogens (tertiary/aromatic N) is 2. The lowest BCUT2D eigenvalue weighted by Gasteiger charge is -2.27. The molecule has 276 valence electrons. The summed E-state index contributed by atoms with van der Waals surface area (Å²) in [7, 11) is 1.52. The first-order valence-corrected chi connectivity index (χ1v) is 16.7. The highest BCUT2D eigenvalue weighted by Crippen LogP contribution is 2.29. The van der Waals surface area contributed by atoms with Crippen molar-refractivity contribution in [2.45, 2.75) is 78.1 Å². The van der Waals surface area contributed by atoms with Crippen LogP contribution in [-0.2, 0) is 31.7 Å². The highest BCUT2D eigenvalue weighted by atomic mass is 19.4. The molecule has 2 rings (SSSR count). The number of hydrogen-bond acceptors (Lipinski definition) is 6. The highest BCUT2D eigenvalue weighted by Gasteiger charge is 2.31.